The first-order valence-electron chi connectivity index (χ1n) is 4.52. The lowest BCUT2D eigenvalue weighted by Gasteiger charge is -2.15. The maximum atomic E-state index is 11.7. The fourth-order valence-electron chi connectivity index (χ4n) is 1.22. The summed E-state index contributed by atoms with van der Waals surface area (Å²) in [6, 6.07) is 3.36. The Morgan fingerprint density at radius 1 is 1.33 bits per heavy atom. The average Bonchev–Trinajstić information content (AvgIpc) is 2.28. The second-order valence-electron chi connectivity index (χ2n) is 2.94. The van der Waals surface area contributed by atoms with E-state index in [0.717, 1.165) is 0 Å². The summed E-state index contributed by atoms with van der Waals surface area (Å²) >= 11 is 0. The summed E-state index contributed by atoms with van der Waals surface area (Å²) in [6.45, 7) is 0.336. The molecule has 0 saturated carbocycles. The first-order valence-corrected chi connectivity index (χ1v) is 4.52. The summed E-state index contributed by atoms with van der Waals surface area (Å²) in [6.07, 6.45) is 1.23. The Hall–Kier alpha value is -1.33. The highest BCUT2D eigenvalue weighted by Gasteiger charge is 2.09. The van der Waals surface area contributed by atoms with E-state index < -0.39 is 6.29 Å². The van der Waals surface area contributed by atoms with Crippen molar-refractivity contribution in [2.24, 2.45) is 0 Å². The largest absolute Gasteiger partial charge is 0.491 e. The van der Waals surface area contributed by atoms with Crippen LogP contribution in [-0.2, 0) is 16.0 Å². The SMILES string of the molecule is COc1cccn(CC(OC)OC)c1=O. The molecule has 1 rings (SSSR count). The molecule has 0 spiro atoms. The monoisotopic (exact) mass is 213 g/mol. The lowest BCUT2D eigenvalue weighted by molar-refractivity contribution is -0.111. The van der Waals surface area contributed by atoms with E-state index in [9.17, 15) is 4.79 Å². The van der Waals surface area contributed by atoms with Gasteiger partial charge in [-0.3, -0.25) is 4.79 Å². The van der Waals surface area contributed by atoms with E-state index in [1.54, 1.807) is 18.3 Å². The summed E-state index contributed by atoms with van der Waals surface area (Å²) in [5.41, 5.74) is -0.195. The number of pyridine rings is 1. The molecule has 1 heterocycles. The van der Waals surface area contributed by atoms with Crippen LogP contribution in [0.4, 0.5) is 0 Å². The molecule has 1 aromatic heterocycles. The summed E-state index contributed by atoms with van der Waals surface area (Å²) < 4.78 is 16.4. The number of hydrogen-bond acceptors (Lipinski definition) is 4. The minimum Gasteiger partial charge on any atom is -0.491 e. The Morgan fingerprint density at radius 3 is 2.53 bits per heavy atom. The van der Waals surface area contributed by atoms with Crippen LogP contribution in [0.25, 0.3) is 0 Å². The van der Waals surface area contributed by atoms with Crippen LogP contribution in [0, 0.1) is 0 Å². The van der Waals surface area contributed by atoms with Gasteiger partial charge in [0.1, 0.15) is 0 Å². The van der Waals surface area contributed by atoms with Gasteiger partial charge in [-0.2, -0.15) is 0 Å². The molecule has 0 bridgehead atoms. The molecule has 5 heteroatoms. The van der Waals surface area contributed by atoms with Crippen LogP contribution >= 0.6 is 0 Å². The quantitative estimate of drug-likeness (QED) is 0.667. The molecule has 0 N–H and O–H groups in total. The van der Waals surface area contributed by atoms with Crippen molar-refractivity contribution in [3.05, 3.63) is 28.7 Å². The summed E-state index contributed by atoms with van der Waals surface area (Å²) in [4.78, 5) is 11.7. The number of rotatable bonds is 5. The van der Waals surface area contributed by atoms with E-state index in [1.165, 1.54) is 25.9 Å². The zero-order valence-corrected chi connectivity index (χ0v) is 9.10. The number of ether oxygens (including phenoxy) is 3. The molecular formula is C10H15NO4. The third-order valence-electron chi connectivity index (χ3n) is 2.08. The first kappa shape index (κ1) is 11.7. The molecule has 0 aromatic carbocycles. The maximum Gasteiger partial charge on any atom is 0.293 e. The second-order valence-corrected chi connectivity index (χ2v) is 2.94. The molecular weight excluding hydrogens is 198 g/mol. The Labute approximate surface area is 88.2 Å². The van der Waals surface area contributed by atoms with E-state index in [-0.39, 0.29) is 5.56 Å². The number of aromatic nitrogens is 1. The van der Waals surface area contributed by atoms with Gasteiger partial charge in [0.15, 0.2) is 12.0 Å². The Bertz CT molecular complexity index is 357. The summed E-state index contributed by atoms with van der Waals surface area (Å²) in [5, 5.41) is 0. The molecule has 84 valence electrons. The van der Waals surface area contributed by atoms with Gasteiger partial charge in [-0.05, 0) is 12.1 Å². The van der Waals surface area contributed by atoms with Gasteiger partial charge in [0, 0.05) is 20.4 Å². The van der Waals surface area contributed by atoms with Gasteiger partial charge in [-0.25, -0.2) is 0 Å². The van der Waals surface area contributed by atoms with Gasteiger partial charge in [0.05, 0.1) is 13.7 Å². The highest BCUT2D eigenvalue weighted by atomic mass is 16.7. The van der Waals surface area contributed by atoms with Crippen molar-refractivity contribution in [1.82, 2.24) is 4.57 Å². The van der Waals surface area contributed by atoms with Crippen LogP contribution in [0.2, 0.25) is 0 Å². The second kappa shape index (κ2) is 5.53. The number of nitrogens with zero attached hydrogens (tertiary/aromatic N) is 1. The molecule has 0 unspecified atom stereocenters. The van der Waals surface area contributed by atoms with Crippen molar-refractivity contribution in [2.75, 3.05) is 21.3 Å². The lowest BCUT2D eigenvalue weighted by atomic mass is 10.4. The van der Waals surface area contributed by atoms with Gasteiger partial charge in [0.2, 0.25) is 0 Å². The van der Waals surface area contributed by atoms with Crippen molar-refractivity contribution in [3.8, 4) is 5.75 Å². The third-order valence-corrected chi connectivity index (χ3v) is 2.08. The maximum absolute atomic E-state index is 11.7. The van der Waals surface area contributed by atoms with Gasteiger partial charge < -0.3 is 18.8 Å². The van der Waals surface area contributed by atoms with Crippen LogP contribution in [0.1, 0.15) is 0 Å². The highest BCUT2D eigenvalue weighted by Crippen LogP contribution is 2.02. The van der Waals surface area contributed by atoms with Crippen LogP contribution in [0.15, 0.2) is 23.1 Å². The molecule has 0 atom stereocenters. The van der Waals surface area contributed by atoms with Crippen molar-refractivity contribution in [2.45, 2.75) is 12.8 Å². The van der Waals surface area contributed by atoms with Crippen molar-refractivity contribution >= 4 is 0 Å². The fourth-order valence-corrected chi connectivity index (χ4v) is 1.22. The predicted octanol–water partition coefficient (Wildman–Crippen LogP) is 0.476. The lowest BCUT2D eigenvalue weighted by Crippen LogP contribution is -2.28. The van der Waals surface area contributed by atoms with Gasteiger partial charge in [-0.15, -0.1) is 0 Å². The zero-order chi connectivity index (χ0) is 11.3. The van der Waals surface area contributed by atoms with Gasteiger partial charge >= 0.3 is 0 Å². The molecule has 0 amide bonds. The standard InChI is InChI=1S/C10H15NO4/c1-13-8-5-4-6-11(10(8)12)7-9(14-2)15-3/h4-6,9H,7H2,1-3H3. The summed E-state index contributed by atoms with van der Waals surface area (Å²) in [5.74, 6) is 0.309. The average molecular weight is 213 g/mol. The highest BCUT2D eigenvalue weighted by molar-refractivity contribution is 5.16. The van der Waals surface area contributed by atoms with Crippen molar-refractivity contribution in [1.29, 1.82) is 0 Å². The number of hydrogen-bond donors (Lipinski definition) is 0. The predicted molar refractivity (Wildman–Crippen MR) is 55.1 cm³/mol. The fraction of sp³-hybridized carbons (Fsp3) is 0.500. The Balaban J connectivity index is 2.90. The third kappa shape index (κ3) is 2.81. The van der Waals surface area contributed by atoms with Crippen LogP contribution in [0.5, 0.6) is 5.75 Å². The Kier molecular flexibility index (Phi) is 4.33. The minimum absolute atomic E-state index is 0.195. The van der Waals surface area contributed by atoms with E-state index in [2.05, 4.69) is 0 Å². The topological polar surface area (TPSA) is 49.7 Å². The Morgan fingerprint density at radius 2 is 2.00 bits per heavy atom. The van der Waals surface area contributed by atoms with Crippen molar-refractivity contribution < 1.29 is 14.2 Å². The normalized spacial score (nSPS) is 10.7. The summed E-state index contributed by atoms with van der Waals surface area (Å²) in [7, 11) is 4.52. The van der Waals surface area contributed by atoms with Crippen LogP contribution in [0.3, 0.4) is 0 Å². The molecule has 1 aromatic rings. The molecule has 15 heavy (non-hydrogen) atoms. The zero-order valence-electron chi connectivity index (χ0n) is 9.10. The van der Waals surface area contributed by atoms with Crippen molar-refractivity contribution in [3.63, 3.8) is 0 Å². The molecule has 0 aliphatic carbocycles. The van der Waals surface area contributed by atoms with E-state index >= 15 is 0 Å². The molecule has 0 aliphatic rings. The minimum atomic E-state index is -0.435. The smallest absolute Gasteiger partial charge is 0.293 e. The molecule has 0 aliphatic heterocycles. The van der Waals surface area contributed by atoms with E-state index in [0.29, 0.717) is 12.3 Å². The van der Waals surface area contributed by atoms with Crippen LogP contribution in [-0.4, -0.2) is 32.2 Å². The van der Waals surface area contributed by atoms with Gasteiger partial charge in [0.25, 0.3) is 5.56 Å². The molecule has 0 fully saturated rings. The van der Waals surface area contributed by atoms with E-state index in [4.69, 9.17) is 14.2 Å². The van der Waals surface area contributed by atoms with E-state index in [1.807, 2.05) is 0 Å². The molecule has 5 nitrogen and oxygen atoms in total. The molecule has 0 saturated heterocycles. The molecule has 0 radical (unpaired) electrons. The van der Waals surface area contributed by atoms with Gasteiger partial charge in [-0.1, -0.05) is 0 Å². The van der Waals surface area contributed by atoms with Crippen LogP contribution < -0.4 is 10.3 Å². The number of methoxy groups -OCH3 is 3. The first-order chi connectivity index (χ1) is 7.22.